The van der Waals surface area contributed by atoms with Gasteiger partial charge in [0, 0.05) is 35.0 Å². The predicted octanol–water partition coefficient (Wildman–Crippen LogP) is 6.01. The Kier molecular flexibility index (Phi) is 8.17. The molecule has 1 heterocycles. The highest BCUT2D eigenvalue weighted by atomic mass is 35.5. The van der Waals surface area contributed by atoms with E-state index in [1.54, 1.807) is 23.1 Å². The van der Waals surface area contributed by atoms with Gasteiger partial charge in [0.25, 0.3) is 5.91 Å². The molecule has 0 saturated carbocycles. The van der Waals surface area contributed by atoms with E-state index in [0.717, 1.165) is 28.3 Å². The van der Waals surface area contributed by atoms with E-state index in [9.17, 15) is 14.4 Å². The fourth-order valence-corrected chi connectivity index (χ4v) is 5.27. The maximum absolute atomic E-state index is 14.2. The lowest BCUT2D eigenvalue weighted by molar-refractivity contribution is -0.140. The number of carbonyl (C=O) groups is 3. The Morgan fingerprint density at radius 3 is 2.30 bits per heavy atom. The second-order valence-corrected chi connectivity index (χ2v) is 10.7. The molecule has 0 aromatic heterocycles. The molecule has 0 bridgehead atoms. The lowest BCUT2D eigenvalue weighted by Crippen LogP contribution is -2.54. The number of halogens is 1. The summed E-state index contributed by atoms with van der Waals surface area (Å²) < 4.78 is 0. The van der Waals surface area contributed by atoms with Crippen molar-refractivity contribution < 1.29 is 14.4 Å². The minimum absolute atomic E-state index is 0.0504. The topological polar surface area (TPSA) is 69.7 Å². The number of hydrogen-bond acceptors (Lipinski definition) is 3. The third kappa shape index (κ3) is 5.73. The standard InChI is InChI=1S/C33H32ClN3O3/c1-3-22(2)35-32(39)29(19-23-9-5-4-6-10-23)36(20-24-15-17-26(34)18-16-24)30(38)21-37-28-14-8-12-25-11-7-13-27(31(25)28)33(37)40/h4-18,22,29H,3,19-21H2,1-2H3,(H,35,39)/t22-,29+/m1/s1. The van der Waals surface area contributed by atoms with Gasteiger partial charge in [0.15, 0.2) is 0 Å². The Labute approximate surface area is 239 Å². The fourth-order valence-electron chi connectivity index (χ4n) is 5.14. The minimum Gasteiger partial charge on any atom is -0.352 e. The van der Waals surface area contributed by atoms with Gasteiger partial charge in [0.05, 0.1) is 5.69 Å². The summed E-state index contributed by atoms with van der Waals surface area (Å²) in [6.45, 7) is 3.97. The molecule has 6 nitrogen and oxygen atoms in total. The number of amides is 3. The molecule has 40 heavy (non-hydrogen) atoms. The minimum atomic E-state index is -0.782. The first-order valence-electron chi connectivity index (χ1n) is 13.6. The largest absolute Gasteiger partial charge is 0.352 e. The summed E-state index contributed by atoms with van der Waals surface area (Å²) in [6.07, 6.45) is 1.10. The highest BCUT2D eigenvalue weighted by Crippen LogP contribution is 2.37. The van der Waals surface area contributed by atoms with Crippen molar-refractivity contribution in [1.82, 2.24) is 10.2 Å². The summed E-state index contributed by atoms with van der Waals surface area (Å²) in [6, 6.07) is 27.4. The summed E-state index contributed by atoms with van der Waals surface area (Å²) >= 11 is 6.13. The summed E-state index contributed by atoms with van der Waals surface area (Å²) in [4.78, 5) is 44.5. The third-order valence-corrected chi connectivity index (χ3v) is 7.73. The first-order valence-corrected chi connectivity index (χ1v) is 13.9. The quantitative estimate of drug-likeness (QED) is 0.261. The monoisotopic (exact) mass is 553 g/mol. The Bertz CT molecular complexity index is 1530. The van der Waals surface area contributed by atoms with Crippen LogP contribution in [0.3, 0.4) is 0 Å². The van der Waals surface area contributed by atoms with E-state index in [4.69, 9.17) is 11.6 Å². The van der Waals surface area contributed by atoms with Gasteiger partial charge >= 0.3 is 0 Å². The predicted molar refractivity (Wildman–Crippen MR) is 159 cm³/mol. The molecule has 204 valence electrons. The molecule has 0 saturated heterocycles. The summed E-state index contributed by atoms with van der Waals surface area (Å²) in [7, 11) is 0. The van der Waals surface area contributed by atoms with Crippen LogP contribution in [0.25, 0.3) is 10.8 Å². The van der Waals surface area contributed by atoms with Crippen molar-refractivity contribution in [3.05, 3.63) is 113 Å². The number of carbonyl (C=O) groups excluding carboxylic acids is 3. The van der Waals surface area contributed by atoms with Crippen molar-refractivity contribution >= 4 is 45.8 Å². The van der Waals surface area contributed by atoms with Crippen molar-refractivity contribution in [2.24, 2.45) is 0 Å². The molecular formula is C33H32ClN3O3. The van der Waals surface area contributed by atoms with Gasteiger partial charge in [-0.2, -0.15) is 0 Å². The molecule has 0 aliphatic carbocycles. The Balaban J connectivity index is 1.51. The van der Waals surface area contributed by atoms with Crippen LogP contribution in [0.1, 0.15) is 41.8 Å². The van der Waals surface area contributed by atoms with Gasteiger partial charge in [-0.15, -0.1) is 0 Å². The molecule has 0 unspecified atom stereocenters. The van der Waals surface area contributed by atoms with Crippen LogP contribution in [-0.4, -0.2) is 41.2 Å². The van der Waals surface area contributed by atoms with Crippen molar-refractivity contribution in [2.45, 2.75) is 45.3 Å². The maximum atomic E-state index is 14.2. The molecule has 0 fully saturated rings. The van der Waals surface area contributed by atoms with Crippen LogP contribution in [0.15, 0.2) is 91.0 Å². The van der Waals surface area contributed by atoms with Crippen molar-refractivity contribution in [1.29, 1.82) is 0 Å². The molecule has 4 aromatic rings. The summed E-state index contributed by atoms with van der Waals surface area (Å²) in [5, 5.41) is 5.47. The highest BCUT2D eigenvalue weighted by Gasteiger charge is 2.36. The van der Waals surface area contributed by atoms with Crippen LogP contribution in [0.4, 0.5) is 5.69 Å². The zero-order valence-electron chi connectivity index (χ0n) is 22.6. The Morgan fingerprint density at radius 1 is 0.900 bits per heavy atom. The lowest BCUT2D eigenvalue weighted by atomic mass is 10.0. The van der Waals surface area contributed by atoms with Crippen LogP contribution < -0.4 is 10.2 Å². The third-order valence-electron chi connectivity index (χ3n) is 7.48. The van der Waals surface area contributed by atoms with Crippen LogP contribution in [-0.2, 0) is 22.6 Å². The smallest absolute Gasteiger partial charge is 0.259 e. The van der Waals surface area contributed by atoms with E-state index in [1.807, 2.05) is 86.6 Å². The van der Waals surface area contributed by atoms with Crippen LogP contribution in [0, 0.1) is 0 Å². The average molecular weight is 554 g/mol. The van der Waals surface area contributed by atoms with E-state index in [0.29, 0.717) is 22.7 Å². The SMILES string of the molecule is CC[C@@H](C)NC(=O)[C@H](Cc1ccccc1)N(Cc1ccc(Cl)cc1)C(=O)CN1C(=O)c2cccc3cccc1c23. The average Bonchev–Trinajstić information content (AvgIpc) is 3.24. The van der Waals surface area contributed by atoms with Gasteiger partial charge in [-0.05, 0) is 54.1 Å². The number of nitrogens with zero attached hydrogens (tertiary/aromatic N) is 2. The molecule has 0 radical (unpaired) electrons. The number of benzene rings is 4. The van der Waals surface area contributed by atoms with E-state index in [2.05, 4.69) is 5.32 Å². The molecule has 1 N–H and O–H groups in total. The molecule has 1 aliphatic heterocycles. The summed E-state index contributed by atoms with van der Waals surface area (Å²) in [5.74, 6) is -0.748. The first kappa shape index (κ1) is 27.4. The van der Waals surface area contributed by atoms with Gasteiger partial charge in [-0.1, -0.05) is 85.3 Å². The summed E-state index contributed by atoms with van der Waals surface area (Å²) in [5.41, 5.74) is 3.07. The lowest BCUT2D eigenvalue weighted by Gasteiger charge is -2.33. The van der Waals surface area contributed by atoms with Gasteiger partial charge in [-0.25, -0.2) is 0 Å². The van der Waals surface area contributed by atoms with E-state index in [-0.39, 0.29) is 36.9 Å². The van der Waals surface area contributed by atoms with E-state index >= 15 is 0 Å². The van der Waals surface area contributed by atoms with E-state index in [1.165, 1.54) is 4.90 Å². The zero-order chi connectivity index (χ0) is 28.2. The number of anilines is 1. The molecule has 7 heteroatoms. The van der Waals surface area contributed by atoms with Crippen LogP contribution in [0.5, 0.6) is 0 Å². The number of rotatable bonds is 10. The second-order valence-electron chi connectivity index (χ2n) is 10.2. The molecule has 1 aliphatic rings. The molecule has 4 aromatic carbocycles. The molecule has 5 rings (SSSR count). The molecular weight excluding hydrogens is 522 g/mol. The first-order chi connectivity index (χ1) is 19.4. The maximum Gasteiger partial charge on any atom is 0.259 e. The van der Waals surface area contributed by atoms with Gasteiger partial charge in [0.1, 0.15) is 12.6 Å². The Hall–Kier alpha value is -4.16. The van der Waals surface area contributed by atoms with Crippen molar-refractivity contribution in [2.75, 3.05) is 11.4 Å². The van der Waals surface area contributed by atoms with Gasteiger partial charge in [0.2, 0.25) is 11.8 Å². The van der Waals surface area contributed by atoms with Gasteiger partial charge < -0.3 is 10.2 Å². The normalized spacial score (nSPS) is 13.8. The fraction of sp³-hybridized carbons (Fsp3) is 0.242. The number of nitrogens with one attached hydrogen (secondary N) is 1. The van der Waals surface area contributed by atoms with Crippen LogP contribution >= 0.6 is 11.6 Å². The molecule has 2 atom stereocenters. The highest BCUT2D eigenvalue weighted by molar-refractivity contribution is 6.30. The van der Waals surface area contributed by atoms with Gasteiger partial charge in [-0.3, -0.25) is 19.3 Å². The van der Waals surface area contributed by atoms with Crippen molar-refractivity contribution in [3.63, 3.8) is 0 Å². The Morgan fingerprint density at radius 2 is 1.60 bits per heavy atom. The van der Waals surface area contributed by atoms with E-state index < -0.39 is 6.04 Å². The zero-order valence-corrected chi connectivity index (χ0v) is 23.4. The molecule has 0 spiro atoms. The van der Waals surface area contributed by atoms with Crippen LogP contribution in [0.2, 0.25) is 5.02 Å². The second kappa shape index (κ2) is 11.9. The number of hydrogen-bond donors (Lipinski definition) is 1. The van der Waals surface area contributed by atoms with Crippen molar-refractivity contribution in [3.8, 4) is 0 Å². The molecule has 3 amide bonds.